The van der Waals surface area contributed by atoms with Gasteiger partial charge in [0.25, 0.3) is 0 Å². The molecule has 4 nitrogen and oxygen atoms in total. The largest absolute Gasteiger partial charge is 0.365 e. The van der Waals surface area contributed by atoms with E-state index in [-0.39, 0.29) is 11.9 Å². The lowest BCUT2D eigenvalue weighted by Gasteiger charge is -2.53. The fraction of sp³-hybridized carbons (Fsp3) is 0.429. The molecule has 0 amide bonds. The minimum Gasteiger partial charge on any atom is -0.365 e. The first kappa shape index (κ1) is 12.3. The Morgan fingerprint density at radius 2 is 2.05 bits per heavy atom. The number of hydrogen-bond donors (Lipinski definition) is 0. The van der Waals surface area contributed by atoms with E-state index in [4.69, 9.17) is 4.74 Å². The van der Waals surface area contributed by atoms with Crippen LogP contribution in [0.2, 0.25) is 0 Å². The van der Waals surface area contributed by atoms with E-state index in [1.165, 1.54) is 18.5 Å². The Kier molecular flexibility index (Phi) is 2.86. The van der Waals surface area contributed by atoms with Gasteiger partial charge in [0.2, 0.25) is 0 Å². The molecule has 0 unspecified atom stereocenters. The van der Waals surface area contributed by atoms with Gasteiger partial charge in [-0.2, -0.15) is 5.10 Å². The van der Waals surface area contributed by atoms with Crippen molar-refractivity contribution in [3.05, 3.63) is 48.3 Å². The lowest BCUT2D eigenvalue weighted by molar-refractivity contribution is -0.264. The highest BCUT2D eigenvalue weighted by Gasteiger charge is 2.52. The van der Waals surface area contributed by atoms with Gasteiger partial charge in [-0.05, 0) is 24.6 Å². The maximum atomic E-state index is 13.1. The topological polar surface area (TPSA) is 39.9 Å². The molecule has 100 valence electrons. The highest BCUT2D eigenvalue weighted by Crippen LogP contribution is 2.47. The van der Waals surface area contributed by atoms with Gasteiger partial charge in [-0.15, -0.1) is 0 Å². The molecule has 0 N–H and O–H groups in total. The van der Waals surface area contributed by atoms with Crippen LogP contribution in [0.1, 0.15) is 19.4 Å². The van der Waals surface area contributed by atoms with Gasteiger partial charge in [0.05, 0.1) is 12.6 Å². The Balaban J connectivity index is 1.96. The number of hydrogen-bond acceptors (Lipinski definition) is 3. The first-order valence-electron chi connectivity index (χ1n) is 6.38. The third-order valence-corrected chi connectivity index (χ3v) is 4.03. The molecule has 3 rings (SSSR count). The summed E-state index contributed by atoms with van der Waals surface area (Å²) in [6.45, 7) is 4.78. The Morgan fingerprint density at radius 1 is 1.32 bits per heavy atom. The van der Waals surface area contributed by atoms with Crippen molar-refractivity contribution in [3.63, 3.8) is 0 Å². The molecule has 5 heteroatoms. The summed E-state index contributed by atoms with van der Waals surface area (Å²) in [4.78, 5) is 3.95. The van der Waals surface area contributed by atoms with Crippen LogP contribution in [-0.2, 0) is 16.9 Å². The number of halogens is 1. The van der Waals surface area contributed by atoms with Crippen LogP contribution in [0.4, 0.5) is 4.39 Å². The molecule has 1 aliphatic rings. The summed E-state index contributed by atoms with van der Waals surface area (Å²) in [5.74, 6) is 0.0989. The van der Waals surface area contributed by atoms with Gasteiger partial charge in [-0.25, -0.2) is 14.1 Å². The lowest BCUT2D eigenvalue weighted by atomic mass is 9.74. The molecule has 2 aromatic rings. The molecule has 1 fully saturated rings. The third-order valence-electron chi connectivity index (χ3n) is 4.03. The van der Waals surface area contributed by atoms with Crippen LogP contribution in [0, 0.1) is 11.7 Å². The zero-order chi connectivity index (χ0) is 13.5. The molecular formula is C14H16FN3O. The fourth-order valence-electron chi connectivity index (χ4n) is 2.74. The second-order valence-corrected chi connectivity index (χ2v) is 5.10. The maximum Gasteiger partial charge on any atom is 0.137 e. The van der Waals surface area contributed by atoms with Crippen LogP contribution >= 0.6 is 0 Å². The van der Waals surface area contributed by atoms with Gasteiger partial charge in [0.1, 0.15) is 24.1 Å². The number of benzene rings is 1. The molecule has 1 aliphatic heterocycles. The minimum atomic E-state index is -0.444. The van der Waals surface area contributed by atoms with Crippen LogP contribution in [0.5, 0.6) is 0 Å². The summed E-state index contributed by atoms with van der Waals surface area (Å²) in [5, 5.41) is 4.14. The normalized spacial score (nSPS) is 30.1. The molecule has 0 spiro atoms. The highest BCUT2D eigenvalue weighted by atomic mass is 19.1. The van der Waals surface area contributed by atoms with Crippen molar-refractivity contribution >= 4 is 0 Å². The van der Waals surface area contributed by atoms with Crippen molar-refractivity contribution in [1.29, 1.82) is 0 Å². The lowest BCUT2D eigenvalue weighted by Crippen LogP contribution is -2.57. The maximum absolute atomic E-state index is 13.1. The molecule has 2 heterocycles. The van der Waals surface area contributed by atoms with Crippen molar-refractivity contribution in [3.8, 4) is 0 Å². The summed E-state index contributed by atoms with van der Waals surface area (Å²) in [7, 11) is 0. The Hall–Kier alpha value is -1.75. The fourth-order valence-corrected chi connectivity index (χ4v) is 2.74. The molecule has 0 aliphatic carbocycles. The van der Waals surface area contributed by atoms with Gasteiger partial charge < -0.3 is 4.74 Å². The summed E-state index contributed by atoms with van der Waals surface area (Å²) >= 11 is 0. The predicted molar refractivity (Wildman–Crippen MR) is 67.8 cm³/mol. The summed E-state index contributed by atoms with van der Waals surface area (Å²) < 4.78 is 20.9. The van der Waals surface area contributed by atoms with Crippen molar-refractivity contribution in [2.45, 2.75) is 32.1 Å². The van der Waals surface area contributed by atoms with E-state index < -0.39 is 5.60 Å². The molecule has 0 saturated carbocycles. The van der Waals surface area contributed by atoms with Gasteiger partial charge in [0, 0.05) is 5.92 Å². The average molecular weight is 261 g/mol. The molecule has 0 bridgehead atoms. The number of nitrogens with zero attached hydrogens (tertiary/aromatic N) is 3. The number of rotatable bonds is 3. The van der Waals surface area contributed by atoms with Crippen LogP contribution in [0.3, 0.4) is 0 Å². The minimum absolute atomic E-state index is 0.188. The second kappa shape index (κ2) is 4.42. The quantitative estimate of drug-likeness (QED) is 0.851. The SMILES string of the molecule is C[C@H]1O[C@@](Cn2cncn2)(c2ccc(F)cc2)[C@H]1C. The Morgan fingerprint density at radius 3 is 2.58 bits per heavy atom. The van der Waals surface area contributed by atoms with E-state index in [9.17, 15) is 4.39 Å². The van der Waals surface area contributed by atoms with Crippen LogP contribution in [0.25, 0.3) is 0 Å². The molecular weight excluding hydrogens is 245 g/mol. The zero-order valence-electron chi connectivity index (χ0n) is 11.0. The summed E-state index contributed by atoms with van der Waals surface area (Å²) in [5.41, 5.74) is 0.538. The van der Waals surface area contributed by atoms with Gasteiger partial charge in [-0.1, -0.05) is 19.1 Å². The van der Waals surface area contributed by atoms with Crippen LogP contribution in [-0.4, -0.2) is 20.9 Å². The third kappa shape index (κ3) is 1.94. The van der Waals surface area contributed by atoms with E-state index in [0.29, 0.717) is 12.5 Å². The zero-order valence-corrected chi connectivity index (χ0v) is 11.0. The van der Waals surface area contributed by atoms with E-state index in [0.717, 1.165) is 5.56 Å². The molecule has 0 radical (unpaired) electrons. The van der Waals surface area contributed by atoms with Crippen LogP contribution < -0.4 is 0 Å². The smallest absolute Gasteiger partial charge is 0.137 e. The first-order chi connectivity index (χ1) is 9.12. The first-order valence-corrected chi connectivity index (χ1v) is 6.38. The molecule has 1 aromatic carbocycles. The Labute approximate surface area is 111 Å². The van der Waals surface area contributed by atoms with E-state index in [1.807, 2.05) is 6.92 Å². The standard InChI is InChI=1S/C14H16FN3O/c1-10-11(2)19-14(10,7-18-9-16-8-17-18)12-3-5-13(15)6-4-12/h3-6,8-11H,7H2,1-2H3/t10-,11+,14+/m0/s1. The predicted octanol–water partition coefficient (Wildman–Crippen LogP) is 2.37. The Bertz CT molecular complexity index is 555. The van der Waals surface area contributed by atoms with Crippen molar-refractivity contribution in [2.24, 2.45) is 5.92 Å². The van der Waals surface area contributed by atoms with E-state index in [1.54, 1.807) is 23.1 Å². The number of ether oxygens (including phenoxy) is 1. The average Bonchev–Trinajstić information content (AvgIpc) is 2.91. The van der Waals surface area contributed by atoms with Crippen molar-refractivity contribution in [2.75, 3.05) is 0 Å². The van der Waals surface area contributed by atoms with Crippen molar-refractivity contribution in [1.82, 2.24) is 14.8 Å². The molecule has 3 atom stereocenters. The molecule has 19 heavy (non-hydrogen) atoms. The van der Waals surface area contributed by atoms with Gasteiger partial charge in [-0.3, -0.25) is 0 Å². The second-order valence-electron chi connectivity index (χ2n) is 5.10. The highest BCUT2D eigenvalue weighted by molar-refractivity contribution is 5.27. The summed E-state index contributed by atoms with van der Waals surface area (Å²) in [6, 6.07) is 6.51. The monoisotopic (exact) mass is 261 g/mol. The van der Waals surface area contributed by atoms with Gasteiger partial charge in [0.15, 0.2) is 0 Å². The van der Waals surface area contributed by atoms with E-state index >= 15 is 0 Å². The van der Waals surface area contributed by atoms with Crippen LogP contribution in [0.15, 0.2) is 36.9 Å². The molecule has 1 saturated heterocycles. The van der Waals surface area contributed by atoms with E-state index in [2.05, 4.69) is 17.0 Å². The number of aromatic nitrogens is 3. The molecule has 1 aromatic heterocycles. The van der Waals surface area contributed by atoms with Crippen molar-refractivity contribution < 1.29 is 9.13 Å². The van der Waals surface area contributed by atoms with Gasteiger partial charge >= 0.3 is 0 Å². The summed E-state index contributed by atoms with van der Waals surface area (Å²) in [6.07, 6.45) is 3.36.